The first-order valence-electron chi connectivity index (χ1n) is 9.36. The van der Waals surface area contributed by atoms with Gasteiger partial charge in [-0.25, -0.2) is 0 Å². The van der Waals surface area contributed by atoms with Crippen molar-refractivity contribution < 1.29 is 9.32 Å². The Bertz CT molecular complexity index is 902. The van der Waals surface area contributed by atoms with Gasteiger partial charge in [0.2, 0.25) is 17.6 Å². The van der Waals surface area contributed by atoms with Crippen molar-refractivity contribution in [3.05, 3.63) is 54.2 Å². The molecule has 1 aromatic carbocycles. The Morgan fingerprint density at radius 2 is 2.11 bits per heavy atom. The summed E-state index contributed by atoms with van der Waals surface area (Å²) < 4.78 is 7.32. The van der Waals surface area contributed by atoms with E-state index in [0.29, 0.717) is 31.2 Å². The van der Waals surface area contributed by atoms with E-state index >= 15 is 0 Å². The molecule has 27 heavy (non-hydrogen) atoms. The summed E-state index contributed by atoms with van der Waals surface area (Å²) in [7, 11) is 0. The van der Waals surface area contributed by atoms with E-state index in [4.69, 9.17) is 4.52 Å². The van der Waals surface area contributed by atoms with Gasteiger partial charge in [-0.05, 0) is 25.8 Å². The third kappa shape index (κ3) is 4.07. The van der Waals surface area contributed by atoms with Crippen LogP contribution in [0.15, 0.2) is 47.1 Å². The van der Waals surface area contributed by atoms with E-state index in [-0.39, 0.29) is 11.8 Å². The zero-order valence-electron chi connectivity index (χ0n) is 15.4. The molecule has 1 atom stereocenters. The van der Waals surface area contributed by atoms with Crippen molar-refractivity contribution in [2.75, 3.05) is 13.1 Å². The third-order valence-electron chi connectivity index (χ3n) is 4.93. The Morgan fingerprint density at radius 1 is 1.26 bits per heavy atom. The Kier molecular flexibility index (Phi) is 5.00. The molecule has 1 aliphatic rings. The van der Waals surface area contributed by atoms with E-state index in [1.54, 1.807) is 0 Å². The average molecular weight is 365 g/mol. The van der Waals surface area contributed by atoms with Crippen molar-refractivity contribution in [3.8, 4) is 11.4 Å². The van der Waals surface area contributed by atoms with Gasteiger partial charge >= 0.3 is 0 Å². The van der Waals surface area contributed by atoms with Crippen LogP contribution >= 0.6 is 0 Å². The van der Waals surface area contributed by atoms with Crippen LogP contribution in [0.2, 0.25) is 0 Å². The monoisotopic (exact) mass is 365 g/mol. The number of aryl methyl sites for hydroxylation is 2. The standard InChI is InChI=1S/C20H23N5O2/c1-15-9-12-25(22-15)13-10-18(26)24-11-5-8-17(14-24)20-21-19(23-27-20)16-6-3-2-4-7-16/h2-4,6-7,9,12,17H,5,8,10-11,13-14H2,1H3. The number of aromatic nitrogens is 4. The van der Waals surface area contributed by atoms with E-state index in [9.17, 15) is 4.79 Å². The molecule has 1 unspecified atom stereocenters. The summed E-state index contributed by atoms with van der Waals surface area (Å²) in [6.45, 7) is 3.97. The number of nitrogens with zero attached hydrogens (tertiary/aromatic N) is 5. The molecule has 0 aliphatic carbocycles. The summed E-state index contributed by atoms with van der Waals surface area (Å²) in [4.78, 5) is 19.1. The molecule has 0 spiro atoms. The van der Waals surface area contributed by atoms with Crippen LogP contribution < -0.4 is 0 Å². The second-order valence-corrected chi connectivity index (χ2v) is 6.97. The van der Waals surface area contributed by atoms with Gasteiger partial charge in [-0.3, -0.25) is 9.48 Å². The molecular formula is C20H23N5O2. The summed E-state index contributed by atoms with van der Waals surface area (Å²) in [5, 5.41) is 8.44. The minimum Gasteiger partial charge on any atom is -0.342 e. The lowest BCUT2D eigenvalue weighted by molar-refractivity contribution is -0.132. The van der Waals surface area contributed by atoms with Crippen LogP contribution in [0.4, 0.5) is 0 Å². The first kappa shape index (κ1) is 17.5. The van der Waals surface area contributed by atoms with E-state index in [1.165, 1.54) is 0 Å². The lowest BCUT2D eigenvalue weighted by atomic mass is 9.97. The van der Waals surface area contributed by atoms with E-state index in [0.717, 1.165) is 30.6 Å². The average Bonchev–Trinajstić information content (AvgIpc) is 3.36. The number of piperidine rings is 1. The molecule has 3 aromatic rings. The predicted octanol–water partition coefficient (Wildman–Crippen LogP) is 3.04. The lowest BCUT2D eigenvalue weighted by Gasteiger charge is -2.31. The number of rotatable bonds is 5. The second-order valence-electron chi connectivity index (χ2n) is 6.97. The van der Waals surface area contributed by atoms with Crippen LogP contribution in [0.1, 0.15) is 36.8 Å². The molecule has 4 rings (SSSR count). The maximum absolute atomic E-state index is 12.6. The Hall–Kier alpha value is -2.96. The minimum absolute atomic E-state index is 0.0969. The second kappa shape index (κ2) is 7.73. The summed E-state index contributed by atoms with van der Waals surface area (Å²) in [6.07, 6.45) is 4.26. The smallest absolute Gasteiger partial charge is 0.231 e. The largest absolute Gasteiger partial charge is 0.342 e. The fraction of sp³-hybridized carbons (Fsp3) is 0.400. The molecule has 7 heteroatoms. The van der Waals surface area contributed by atoms with Gasteiger partial charge in [0.15, 0.2) is 0 Å². The number of benzene rings is 1. The quantitative estimate of drug-likeness (QED) is 0.694. The van der Waals surface area contributed by atoms with Crippen molar-refractivity contribution in [2.24, 2.45) is 0 Å². The van der Waals surface area contributed by atoms with Crippen LogP contribution in [-0.2, 0) is 11.3 Å². The first-order chi connectivity index (χ1) is 13.2. The molecule has 140 valence electrons. The number of hydrogen-bond acceptors (Lipinski definition) is 5. The van der Waals surface area contributed by atoms with Crippen molar-refractivity contribution in [1.82, 2.24) is 24.8 Å². The van der Waals surface area contributed by atoms with Crippen molar-refractivity contribution in [2.45, 2.75) is 38.6 Å². The minimum atomic E-state index is 0.0969. The number of likely N-dealkylation sites (tertiary alicyclic amines) is 1. The first-order valence-corrected chi connectivity index (χ1v) is 9.36. The van der Waals surface area contributed by atoms with Crippen LogP contribution in [0, 0.1) is 6.92 Å². The molecule has 0 bridgehead atoms. The van der Waals surface area contributed by atoms with E-state index < -0.39 is 0 Å². The van der Waals surface area contributed by atoms with Gasteiger partial charge in [0, 0.05) is 37.8 Å². The Labute approximate surface area is 158 Å². The number of amides is 1. The Balaban J connectivity index is 1.38. The van der Waals surface area contributed by atoms with Gasteiger partial charge in [0.1, 0.15) is 0 Å². The molecule has 1 aliphatic heterocycles. The van der Waals surface area contributed by atoms with Crippen molar-refractivity contribution >= 4 is 5.91 Å². The van der Waals surface area contributed by atoms with Crippen LogP contribution in [0.5, 0.6) is 0 Å². The van der Waals surface area contributed by atoms with Crippen molar-refractivity contribution in [3.63, 3.8) is 0 Å². The van der Waals surface area contributed by atoms with Gasteiger partial charge in [-0.2, -0.15) is 10.1 Å². The summed E-state index contributed by atoms with van der Waals surface area (Å²) in [6, 6.07) is 11.7. The van der Waals surface area contributed by atoms with E-state index in [1.807, 2.05) is 59.1 Å². The highest BCUT2D eigenvalue weighted by molar-refractivity contribution is 5.76. The Morgan fingerprint density at radius 3 is 2.89 bits per heavy atom. The number of carbonyl (C=O) groups excluding carboxylic acids is 1. The molecule has 0 saturated carbocycles. The summed E-state index contributed by atoms with van der Waals surface area (Å²) in [5.74, 6) is 1.47. The molecule has 0 N–H and O–H groups in total. The van der Waals surface area contributed by atoms with Crippen molar-refractivity contribution in [1.29, 1.82) is 0 Å². The van der Waals surface area contributed by atoms with Gasteiger partial charge < -0.3 is 9.42 Å². The highest BCUT2D eigenvalue weighted by atomic mass is 16.5. The SMILES string of the molecule is Cc1ccn(CCC(=O)N2CCCC(c3nc(-c4ccccc4)no3)C2)n1. The van der Waals surface area contributed by atoms with E-state index in [2.05, 4.69) is 15.2 Å². The normalized spacial score (nSPS) is 17.2. The zero-order valence-corrected chi connectivity index (χ0v) is 15.4. The lowest BCUT2D eigenvalue weighted by Crippen LogP contribution is -2.39. The molecule has 1 fully saturated rings. The highest BCUT2D eigenvalue weighted by Gasteiger charge is 2.28. The van der Waals surface area contributed by atoms with Gasteiger partial charge in [0.25, 0.3) is 0 Å². The van der Waals surface area contributed by atoms with Crippen LogP contribution in [0.25, 0.3) is 11.4 Å². The van der Waals surface area contributed by atoms with Crippen LogP contribution in [0.3, 0.4) is 0 Å². The molecule has 7 nitrogen and oxygen atoms in total. The van der Waals surface area contributed by atoms with Crippen LogP contribution in [-0.4, -0.2) is 43.8 Å². The number of hydrogen-bond donors (Lipinski definition) is 0. The zero-order chi connectivity index (χ0) is 18.6. The molecule has 2 aromatic heterocycles. The summed E-state index contributed by atoms with van der Waals surface area (Å²) in [5.41, 5.74) is 1.90. The van der Waals surface area contributed by atoms with Gasteiger partial charge in [0.05, 0.1) is 11.6 Å². The van der Waals surface area contributed by atoms with Gasteiger partial charge in [-0.15, -0.1) is 0 Å². The summed E-state index contributed by atoms with van der Waals surface area (Å²) >= 11 is 0. The molecule has 1 saturated heterocycles. The topological polar surface area (TPSA) is 77.0 Å². The number of carbonyl (C=O) groups is 1. The van der Waals surface area contributed by atoms with Gasteiger partial charge in [-0.1, -0.05) is 35.5 Å². The molecule has 1 amide bonds. The molecule has 3 heterocycles. The molecular weight excluding hydrogens is 342 g/mol. The fourth-order valence-electron chi connectivity index (χ4n) is 3.47. The maximum Gasteiger partial charge on any atom is 0.231 e. The maximum atomic E-state index is 12.6. The third-order valence-corrected chi connectivity index (χ3v) is 4.93. The highest BCUT2D eigenvalue weighted by Crippen LogP contribution is 2.27. The fourth-order valence-corrected chi connectivity index (χ4v) is 3.47. The predicted molar refractivity (Wildman–Crippen MR) is 99.9 cm³/mol. The molecule has 0 radical (unpaired) electrons.